The van der Waals surface area contributed by atoms with Gasteiger partial charge in [-0.25, -0.2) is 0 Å². The lowest BCUT2D eigenvalue weighted by atomic mass is 10.2. The van der Waals surface area contributed by atoms with Gasteiger partial charge < -0.3 is 11.1 Å². The molecule has 0 aliphatic carbocycles. The molecule has 0 aromatic carbocycles. The monoisotopic (exact) mass is 194 g/mol. The van der Waals surface area contributed by atoms with E-state index in [9.17, 15) is 4.79 Å². The Morgan fingerprint density at radius 2 is 2.36 bits per heavy atom. The van der Waals surface area contributed by atoms with Crippen LogP contribution in [0.3, 0.4) is 0 Å². The van der Waals surface area contributed by atoms with Crippen LogP contribution in [0.1, 0.15) is 19.3 Å². The lowest BCUT2D eigenvalue weighted by molar-refractivity contribution is -0.116. The number of anilines is 1. The standard InChI is InChI=1S/C9H14N4O/c10-6-2-1-5-9(14)12-8-4-3-7-11-13-8/h3-4,7H,1-2,5-6,10H2,(H,12,13,14). The number of carbonyl (C=O) groups excluding carboxylic acids is 1. The fourth-order valence-corrected chi connectivity index (χ4v) is 1.00. The second kappa shape index (κ2) is 6.04. The number of amides is 1. The number of unbranched alkanes of at least 4 members (excludes halogenated alkanes) is 1. The molecule has 0 aliphatic rings. The normalized spacial score (nSPS) is 9.79. The van der Waals surface area contributed by atoms with Crippen LogP contribution >= 0.6 is 0 Å². The molecule has 0 saturated heterocycles. The minimum Gasteiger partial charge on any atom is -0.330 e. The summed E-state index contributed by atoms with van der Waals surface area (Å²) in [5.74, 6) is 0.448. The second-order valence-corrected chi connectivity index (χ2v) is 2.90. The summed E-state index contributed by atoms with van der Waals surface area (Å²) in [6, 6.07) is 3.43. The molecule has 3 N–H and O–H groups in total. The van der Waals surface area contributed by atoms with Gasteiger partial charge in [-0.1, -0.05) is 0 Å². The number of hydrogen-bond donors (Lipinski definition) is 2. The van der Waals surface area contributed by atoms with Crippen molar-refractivity contribution < 1.29 is 4.79 Å². The van der Waals surface area contributed by atoms with E-state index in [4.69, 9.17) is 5.73 Å². The molecule has 1 heterocycles. The fourth-order valence-electron chi connectivity index (χ4n) is 1.00. The first-order valence-corrected chi connectivity index (χ1v) is 4.60. The second-order valence-electron chi connectivity index (χ2n) is 2.90. The predicted molar refractivity (Wildman–Crippen MR) is 53.6 cm³/mol. The third-order valence-electron chi connectivity index (χ3n) is 1.70. The first-order valence-electron chi connectivity index (χ1n) is 4.60. The Labute approximate surface area is 82.7 Å². The Kier molecular flexibility index (Phi) is 4.57. The topological polar surface area (TPSA) is 80.9 Å². The summed E-state index contributed by atoms with van der Waals surface area (Å²) in [5, 5.41) is 10.0. The van der Waals surface area contributed by atoms with Crippen LogP contribution < -0.4 is 11.1 Å². The van der Waals surface area contributed by atoms with Crippen molar-refractivity contribution >= 4 is 11.7 Å². The smallest absolute Gasteiger partial charge is 0.225 e. The molecular formula is C9H14N4O. The van der Waals surface area contributed by atoms with E-state index in [0.29, 0.717) is 18.8 Å². The lowest BCUT2D eigenvalue weighted by Gasteiger charge is -2.01. The molecule has 76 valence electrons. The van der Waals surface area contributed by atoms with E-state index in [1.807, 2.05) is 0 Å². The molecule has 0 unspecified atom stereocenters. The minimum absolute atomic E-state index is 0.0426. The average molecular weight is 194 g/mol. The highest BCUT2D eigenvalue weighted by atomic mass is 16.1. The molecule has 0 atom stereocenters. The van der Waals surface area contributed by atoms with Gasteiger partial charge in [-0.2, -0.15) is 5.10 Å². The summed E-state index contributed by atoms with van der Waals surface area (Å²) in [7, 11) is 0. The van der Waals surface area contributed by atoms with Crippen molar-refractivity contribution in [1.29, 1.82) is 0 Å². The first kappa shape index (κ1) is 10.6. The molecule has 1 aromatic rings. The number of nitrogens with one attached hydrogen (secondary N) is 1. The average Bonchev–Trinajstić information content (AvgIpc) is 2.20. The fraction of sp³-hybridized carbons (Fsp3) is 0.444. The number of hydrogen-bond acceptors (Lipinski definition) is 4. The highest BCUT2D eigenvalue weighted by Gasteiger charge is 2.01. The Balaban J connectivity index is 2.27. The number of rotatable bonds is 5. The molecule has 1 amide bonds. The Morgan fingerprint density at radius 1 is 1.50 bits per heavy atom. The van der Waals surface area contributed by atoms with Gasteiger partial charge in [0.2, 0.25) is 5.91 Å². The molecule has 0 bridgehead atoms. The highest BCUT2D eigenvalue weighted by Crippen LogP contribution is 2.01. The molecule has 1 rings (SSSR count). The van der Waals surface area contributed by atoms with E-state index < -0.39 is 0 Å². The van der Waals surface area contributed by atoms with E-state index in [0.717, 1.165) is 12.8 Å². The van der Waals surface area contributed by atoms with Crippen molar-refractivity contribution in [3.63, 3.8) is 0 Å². The van der Waals surface area contributed by atoms with Gasteiger partial charge in [-0.05, 0) is 31.5 Å². The molecule has 5 heteroatoms. The summed E-state index contributed by atoms with van der Waals surface area (Å²) < 4.78 is 0. The predicted octanol–water partition coefficient (Wildman–Crippen LogP) is 0.544. The zero-order valence-corrected chi connectivity index (χ0v) is 7.94. The van der Waals surface area contributed by atoms with Crippen molar-refractivity contribution in [3.05, 3.63) is 18.3 Å². The van der Waals surface area contributed by atoms with Crippen LogP contribution in [0.25, 0.3) is 0 Å². The summed E-state index contributed by atoms with van der Waals surface area (Å²) >= 11 is 0. The zero-order valence-electron chi connectivity index (χ0n) is 7.94. The number of nitrogens with zero attached hydrogens (tertiary/aromatic N) is 2. The lowest BCUT2D eigenvalue weighted by Crippen LogP contribution is -2.13. The molecule has 0 spiro atoms. The van der Waals surface area contributed by atoms with Crippen LogP contribution in [0.5, 0.6) is 0 Å². The van der Waals surface area contributed by atoms with E-state index in [1.165, 1.54) is 0 Å². The van der Waals surface area contributed by atoms with Crippen LogP contribution in [0, 0.1) is 0 Å². The molecule has 5 nitrogen and oxygen atoms in total. The van der Waals surface area contributed by atoms with E-state index in [-0.39, 0.29) is 5.91 Å². The maximum Gasteiger partial charge on any atom is 0.225 e. The molecule has 14 heavy (non-hydrogen) atoms. The molecule has 0 radical (unpaired) electrons. The van der Waals surface area contributed by atoms with Crippen LogP contribution in [0.4, 0.5) is 5.82 Å². The van der Waals surface area contributed by atoms with Gasteiger partial charge in [0.05, 0.1) is 0 Å². The molecule has 1 aromatic heterocycles. The summed E-state index contributed by atoms with van der Waals surface area (Å²) in [4.78, 5) is 11.3. The summed E-state index contributed by atoms with van der Waals surface area (Å²) in [5.41, 5.74) is 5.31. The van der Waals surface area contributed by atoms with Crippen LogP contribution in [-0.2, 0) is 4.79 Å². The SMILES string of the molecule is NCCCCC(=O)Nc1cccnn1. The maximum atomic E-state index is 11.3. The van der Waals surface area contributed by atoms with Gasteiger partial charge in [0.15, 0.2) is 5.82 Å². The third-order valence-corrected chi connectivity index (χ3v) is 1.70. The minimum atomic E-state index is -0.0426. The quantitative estimate of drug-likeness (QED) is 0.670. The van der Waals surface area contributed by atoms with Crippen molar-refractivity contribution in [3.8, 4) is 0 Å². The highest BCUT2D eigenvalue weighted by molar-refractivity contribution is 5.89. The van der Waals surface area contributed by atoms with E-state index in [1.54, 1.807) is 18.3 Å². The van der Waals surface area contributed by atoms with Crippen LogP contribution in [0.2, 0.25) is 0 Å². The van der Waals surface area contributed by atoms with Gasteiger partial charge in [0, 0.05) is 12.6 Å². The van der Waals surface area contributed by atoms with Gasteiger partial charge >= 0.3 is 0 Å². The maximum absolute atomic E-state index is 11.3. The van der Waals surface area contributed by atoms with Crippen LogP contribution in [0.15, 0.2) is 18.3 Å². The molecular weight excluding hydrogens is 180 g/mol. The van der Waals surface area contributed by atoms with E-state index in [2.05, 4.69) is 15.5 Å². The van der Waals surface area contributed by atoms with Crippen molar-refractivity contribution in [1.82, 2.24) is 10.2 Å². The Morgan fingerprint density at radius 3 is 3.00 bits per heavy atom. The number of nitrogens with two attached hydrogens (primary N) is 1. The van der Waals surface area contributed by atoms with Gasteiger partial charge in [-0.3, -0.25) is 4.79 Å². The van der Waals surface area contributed by atoms with E-state index >= 15 is 0 Å². The Hall–Kier alpha value is -1.49. The number of aromatic nitrogens is 2. The van der Waals surface area contributed by atoms with Crippen molar-refractivity contribution in [2.45, 2.75) is 19.3 Å². The van der Waals surface area contributed by atoms with Gasteiger partial charge in [0.1, 0.15) is 0 Å². The number of carbonyl (C=O) groups is 1. The Bertz CT molecular complexity index is 275. The third kappa shape index (κ3) is 3.95. The van der Waals surface area contributed by atoms with Crippen molar-refractivity contribution in [2.24, 2.45) is 5.73 Å². The molecule has 0 aliphatic heterocycles. The summed E-state index contributed by atoms with van der Waals surface area (Å²) in [6.07, 6.45) is 3.72. The summed E-state index contributed by atoms with van der Waals surface area (Å²) in [6.45, 7) is 0.623. The van der Waals surface area contributed by atoms with Crippen LogP contribution in [-0.4, -0.2) is 22.6 Å². The first-order chi connectivity index (χ1) is 6.83. The molecule has 0 fully saturated rings. The van der Waals surface area contributed by atoms with Gasteiger partial charge in [-0.15, -0.1) is 5.10 Å². The largest absolute Gasteiger partial charge is 0.330 e. The van der Waals surface area contributed by atoms with Gasteiger partial charge in [0.25, 0.3) is 0 Å². The van der Waals surface area contributed by atoms with Crippen molar-refractivity contribution in [2.75, 3.05) is 11.9 Å². The molecule has 0 saturated carbocycles. The zero-order chi connectivity index (χ0) is 10.2.